The molecule has 0 fully saturated rings. The van der Waals surface area contributed by atoms with Crippen molar-refractivity contribution in [1.29, 1.82) is 0 Å². The molecule has 2 aromatic heterocycles. The molecule has 29 heavy (non-hydrogen) atoms. The molecule has 0 aliphatic heterocycles. The zero-order chi connectivity index (χ0) is 21.0. The van der Waals surface area contributed by atoms with E-state index in [-0.39, 0.29) is 48.7 Å². The lowest BCUT2D eigenvalue weighted by molar-refractivity contribution is -0.122. The normalized spacial score (nSPS) is 11.2. The Morgan fingerprint density at radius 3 is 2.83 bits per heavy atom. The molecule has 2 heterocycles. The highest BCUT2D eigenvalue weighted by Crippen LogP contribution is 2.23. The summed E-state index contributed by atoms with van der Waals surface area (Å²) in [7, 11) is 0. The minimum absolute atomic E-state index is 0.00402. The monoisotopic (exact) mass is 418 g/mol. The van der Waals surface area contributed by atoms with Crippen molar-refractivity contribution in [3.63, 3.8) is 0 Å². The summed E-state index contributed by atoms with van der Waals surface area (Å²) in [5.41, 5.74) is 1.11. The number of aliphatic hydroxyl groups is 1. The molecule has 3 aromatic rings. The number of carbonyl (C=O) groups excluding carboxylic acids is 1. The minimum Gasteiger partial charge on any atom is -0.476 e. The van der Waals surface area contributed by atoms with Crippen LogP contribution in [0.25, 0.3) is 16.8 Å². The Labute approximate surface area is 172 Å². The first-order valence-corrected chi connectivity index (χ1v) is 9.69. The number of amides is 1. The Hall–Kier alpha value is -2.84. The molecule has 0 unspecified atom stereocenters. The van der Waals surface area contributed by atoms with Crippen LogP contribution in [0.1, 0.15) is 20.3 Å². The molecule has 8 nitrogen and oxygen atoms in total. The van der Waals surface area contributed by atoms with Crippen molar-refractivity contribution in [2.75, 3.05) is 13.2 Å². The van der Waals surface area contributed by atoms with Gasteiger partial charge in [-0.1, -0.05) is 23.7 Å². The maximum absolute atomic E-state index is 13.2. The number of carbonyl (C=O) groups is 1. The van der Waals surface area contributed by atoms with E-state index in [9.17, 15) is 9.59 Å². The number of nitrogens with zero attached hydrogens (tertiary/aromatic N) is 3. The molecule has 0 atom stereocenters. The van der Waals surface area contributed by atoms with E-state index in [4.69, 9.17) is 21.4 Å². The van der Waals surface area contributed by atoms with E-state index in [0.29, 0.717) is 22.7 Å². The van der Waals surface area contributed by atoms with Crippen molar-refractivity contribution in [3.8, 4) is 17.1 Å². The van der Waals surface area contributed by atoms with Gasteiger partial charge in [0.1, 0.15) is 12.1 Å². The molecule has 0 saturated carbocycles. The summed E-state index contributed by atoms with van der Waals surface area (Å²) in [6.07, 6.45) is 2.13. The van der Waals surface area contributed by atoms with Gasteiger partial charge in [-0.15, -0.1) is 5.10 Å². The van der Waals surface area contributed by atoms with Crippen molar-refractivity contribution in [2.45, 2.75) is 32.9 Å². The predicted octanol–water partition coefficient (Wildman–Crippen LogP) is 2.10. The molecule has 0 aliphatic carbocycles. The highest BCUT2D eigenvalue weighted by Gasteiger charge is 2.17. The van der Waals surface area contributed by atoms with Crippen LogP contribution < -0.4 is 15.6 Å². The second kappa shape index (κ2) is 9.11. The van der Waals surface area contributed by atoms with Crippen LogP contribution in [0, 0.1) is 0 Å². The summed E-state index contributed by atoms with van der Waals surface area (Å²) >= 11 is 6.13. The van der Waals surface area contributed by atoms with Gasteiger partial charge in [0.15, 0.2) is 0 Å². The lowest BCUT2D eigenvalue weighted by Gasteiger charge is -2.15. The maximum Gasteiger partial charge on any atom is 0.277 e. The van der Waals surface area contributed by atoms with Crippen molar-refractivity contribution in [1.82, 2.24) is 19.5 Å². The highest BCUT2D eigenvalue weighted by atomic mass is 35.5. The lowest BCUT2D eigenvalue weighted by atomic mass is 10.1. The second-order valence-corrected chi connectivity index (χ2v) is 7.31. The van der Waals surface area contributed by atoms with Crippen LogP contribution in [0.15, 0.2) is 41.3 Å². The van der Waals surface area contributed by atoms with Gasteiger partial charge < -0.3 is 15.2 Å². The largest absolute Gasteiger partial charge is 0.476 e. The Kier molecular flexibility index (Phi) is 6.56. The average Bonchev–Trinajstić information content (AvgIpc) is 3.07. The molecule has 0 bridgehead atoms. The molecular weight excluding hydrogens is 396 g/mol. The fourth-order valence-electron chi connectivity index (χ4n) is 2.92. The number of halogens is 1. The van der Waals surface area contributed by atoms with Gasteiger partial charge >= 0.3 is 0 Å². The summed E-state index contributed by atoms with van der Waals surface area (Å²) in [6, 6.07) is 8.53. The fourth-order valence-corrected chi connectivity index (χ4v) is 3.11. The van der Waals surface area contributed by atoms with Crippen LogP contribution >= 0.6 is 11.6 Å². The quantitative estimate of drug-likeness (QED) is 0.546. The van der Waals surface area contributed by atoms with Gasteiger partial charge in [0, 0.05) is 35.7 Å². The predicted molar refractivity (Wildman–Crippen MR) is 110 cm³/mol. The fraction of sp³-hybridized carbons (Fsp3) is 0.350. The number of ether oxygens (including phenoxy) is 1. The van der Waals surface area contributed by atoms with Gasteiger partial charge in [-0.25, -0.2) is 4.52 Å². The Morgan fingerprint density at radius 2 is 2.14 bits per heavy atom. The van der Waals surface area contributed by atoms with Crippen molar-refractivity contribution in [3.05, 3.63) is 51.9 Å². The molecule has 0 spiro atoms. The third-order valence-electron chi connectivity index (χ3n) is 4.14. The number of fused-ring (bicyclic) bond motifs is 1. The molecule has 2 N–H and O–H groups in total. The van der Waals surface area contributed by atoms with E-state index in [0.717, 1.165) is 0 Å². The maximum atomic E-state index is 13.2. The summed E-state index contributed by atoms with van der Waals surface area (Å²) < 4.78 is 8.32. The first kappa shape index (κ1) is 20.9. The van der Waals surface area contributed by atoms with Crippen molar-refractivity contribution in [2.24, 2.45) is 0 Å². The number of hydrogen-bond acceptors (Lipinski definition) is 5. The smallest absolute Gasteiger partial charge is 0.277 e. The van der Waals surface area contributed by atoms with E-state index in [1.54, 1.807) is 24.4 Å². The Morgan fingerprint density at radius 1 is 1.34 bits per heavy atom. The third kappa shape index (κ3) is 4.96. The number of benzene rings is 1. The molecule has 0 saturated heterocycles. The first-order valence-electron chi connectivity index (χ1n) is 9.31. The zero-order valence-corrected chi connectivity index (χ0v) is 17.0. The highest BCUT2D eigenvalue weighted by molar-refractivity contribution is 6.30. The SMILES string of the molecule is CC(C)NC(=O)Cn1c(-c2cccc(Cl)c2)cn2nc(OCCCO)cc2c1=O. The number of rotatable bonds is 8. The van der Waals surface area contributed by atoms with Gasteiger partial charge in [0.05, 0.1) is 18.5 Å². The van der Waals surface area contributed by atoms with E-state index in [1.165, 1.54) is 15.1 Å². The first-order chi connectivity index (χ1) is 13.9. The molecular formula is C20H23ClN4O4. The Balaban J connectivity index is 2.10. The van der Waals surface area contributed by atoms with Gasteiger partial charge in [-0.2, -0.15) is 0 Å². The van der Waals surface area contributed by atoms with Crippen LogP contribution in [-0.4, -0.2) is 44.5 Å². The van der Waals surface area contributed by atoms with Crippen LogP contribution in [-0.2, 0) is 11.3 Å². The third-order valence-corrected chi connectivity index (χ3v) is 4.37. The molecule has 1 amide bonds. The topological polar surface area (TPSA) is 97.9 Å². The molecule has 154 valence electrons. The summed E-state index contributed by atoms with van der Waals surface area (Å²) in [4.78, 5) is 25.5. The number of aromatic nitrogens is 3. The molecule has 0 aliphatic rings. The average molecular weight is 419 g/mol. The summed E-state index contributed by atoms with van der Waals surface area (Å²) in [5.74, 6) is 0.00522. The molecule has 3 rings (SSSR count). The van der Waals surface area contributed by atoms with Crippen molar-refractivity contribution < 1.29 is 14.6 Å². The molecule has 1 aromatic carbocycles. The van der Waals surface area contributed by atoms with Crippen LogP contribution in [0.3, 0.4) is 0 Å². The second-order valence-electron chi connectivity index (χ2n) is 6.88. The van der Waals surface area contributed by atoms with Gasteiger partial charge in [-0.3, -0.25) is 14.2 Å². The van der Waals surface area contributed by atoms with Crippen molar-refractivity contribution >= 4 is 23.0 Å². The van der Waals surface area contributed by atoms with Gasteiger partial charge in [0.25, 0.3) is 5.56 Å². The van der Waals surface area contributed by atoms with Crippen LogP contribution in [0.5, 0.6) is 5.88 Å². The van der Waals surface area contributed by atoms with E-state index >= 15 is 0 Å². The summed E-state index contributed by atoms with van der Waals surface area (Å²) in [5, 5.41) is 16.5. The molecule has 9 heteroatoms. The summed E-state index contributed by atoms with van der Waals surface area (Å²) in [6.45, 7) is 3.86. The lowest BCUT2D eigenvalue weighted by Crippen LogP contribution is -2.37. The standard InChI is InChI=1S/C20H23ClN4O4/c1-13(2)22-18(27)12-24-17(14-5-3-6-15(21)9-14)11-25-16(20(24)28)10-19(23-25)29-8-4-7-26/h3,5-6,9-11,13,26H,4,7-8,12H2,1-2H3,(H,22,27). The number of aliphatic hydroxyl groups excluding tert-OH is 1. The molecule has 0 radical (unpaired) electrons. The van der Waals surface area contributed by atoms with Gasteiger partial charge in [0.2, 0.25) is 11.8 Å². The van der Waals surface area contributed by atoms with E-state index in [1.807, 2.05) is 19.9 Å². The Bertz CT molecular complexity index is 1070. The van der Waals surface area contributed by atoms with Gasteiger partial charge in [-0.05, 0) is 26.0 Å². The zero-order valence-electron chi connectivity index (χ0n) is 16.3. The van der Waals surface area contributed by atoms with E-state index in [2.05, 4.69) is 10.4 Å². The number of nitrogens with one attached hydrogen (secondary N) is 1. The number of hydrogen-bond donors (Lipinski definition) is 2. The van der Waals surface area contributed by atoms with Crippen LogP contribution in [0.4, 0.5) is 0 Å². The van der Waals surface area contributed by atoms with E-state index < -0.39 is 0 Å². The minimum atomic E-state index is -0.370. The van der Waals surface area contributed by atoms with Crippen LogP contribution in [0.2, 0.25) is 5.02 Å².